The molecule has 0 heterocycles. The molecule has 0 saturated carbocycles. The summed E-state index contributed by atoms with van der Waals surface area (Å²) in [6, 6.07) is 4.59. The summed E-state index contributed by atoms with van der Waals surface area (Å²) in [6.07, 6.45) is 0. The monoisotopic (exact) mass is 264 g/mol. The SMILES string of the molecule is CCN(CC)C(=O)CNC(=O)c1ccc(O)c(C)c1. The fourth-order valence-electron chi connectivity index (χ4n) is 1.74. The lowest BCUT2D eigenvalue weighted by atomic mass is 10.1. The molecule has 0 radical (unpaired) electrons. The Morgan fingerprint density at radius 2 is 1.89 bits per heavy atom. The quantitative estimate of drug-likeness (QED) is 0.842. The lowest BCUT2D eigenvalue weighted by Crippen LogP contribution is -2.40. The summed E-state index contributed by atoms with van der Waals surface area (Å²) in [5.74, 6) is -0.270. The van der Waals surface area contributed by atoms with Gasteiger partial charge in [-0.25, -0.2) is 0 Å². The summed E-state index contributed by atoms with van der Waals surface area (Å²) in [5.41, 5.74) is 1.06. The first kappa shape index (κ1) is 15.0. The van der Waals surface area contributed by atoms with Crippen molar-refractivity contribution in [3.63, 3.8) is 0 Å². The van der Waals surface area contributed by atoms with Crippen molar-refractivity contribution in [1.29, 1.82) is 0 Å². The van der Waals surface area contributed by atoms with Gasteiger partial charge in [0.05, 0.1) is 6.54 Å². The average Bonchev–Trinajstić information content (AvgIpc) is 2.40. The van der Waals surface area contributed by atoms with Gasteiger partial charge in [0.2, 0.25) is 5.91 Å². The first-order valence-corrected chi connectivity index (χ1v) is 6.35. The van der Waals surface area contributed by atoms with Crippen LogP contribution >= 0.6 is 0 Å². The van der Waals surface area contributed by atoms with E-state index in [4.69, 9.17) is 0 Å². The van der Waals surface area contributed by atoms with Crippen LogP contribution in [0.3, 0.4) is 0 Å². The van der Waals surface area contributed by atoms with Crippen LogP contribution in [0.5, 0.6) is 5.75 Å². The minimum absolute atomic E-state index is 0.0135. The van der Waals surface area contributed by atoms with Crippen molar-refractivity contribution in [2.75, 3.05) is 19.6 Å². The number of aromatic hydroxyl groups is 1. The fourth-order valence-corrected chi connectivity index (χ4v) is 1.74. The van der Waals surface area contributed by atoms with Crippen LogP contribution in [0.15, 0.2) is 18.2 Å². The van der Waals surface area contributed by atoms with Gasteiger partial charge in [0.25, 0.3) is 5.91 Å². The molecule has 0 aliphatic rings. The number of hydrogen-bond donors (Lipinski definition) is 2. The number of likely N-dealkylation sites (N-methyl/N-ethyl adjacent to an activating group) is 1. The number of benzene rings is 1. The van der Waals surface area contributed by atoms with Gasteiger partial charge in [-0.05, 0) is 44.5 Å². The molecular weight excluding hydrogens is 244 g/mol. The maximum Gasteiger partial charge on any atom is 0.251 e. The summed E-state index contributed by atoms with van der Waals surface area (Å²) >= 11 is 0. The Morgan fingerprint density at radius 1 is 1.26 bits per heavy atom. The van der Waals surface area contributed by atoms with Crippen LogP contribution in [0.25, 0.3) is 0 Å². The number of carbonyl (C=O) groups is 2. The normalized spacial score (nSPS) is 10.1. The van der Waals surface area contributed by atoms with E-state index in [0.717, 1.165) is 0 Å². The summed E-state index contributed by atoms with van der Waals surface area (Å²) in [7, 11) is 0. The van der Waals surface area contributed by atoms with Crippen molar-refractivity contribution < 1.29 is 14.7 Å². The molecule has 5 nitrogen and oxygen atoms in total. The Labute approximate surface area is 113 Å². The molecule has 0 aliphatic carbocycles. The highest BCUT2D eigenvalue weighted by Crippen LogP contribution is 2.16. The Morgan fingerprint density at radius 3 is 2.42 bits per heavy atom. The van der Waals surface area contributed by atoms with Gasteiger partial charge in [-0.1, -0.05) is 0 Å². The molecule has 0 bridgehead atoms. The molecule has 0 aliphatic heterocycles. The van der Waals surface area contributed by atoms with E-state index in [1.165, 1.54) is 12.1 Å². The highest BCUT2D eigenvalue weighted by atomic mass is 16.3. The molecule has 1 aromatic carbocycles. The second kappa shape index (κ2) is 6.78. The third-order valence-corrected chi connectivity index (χ3v) is 2.98. The number of amides is 2. The van der Waals surface area contributed by atoms with E-state index < -0.39 is 0 Å². The van der Waals surface area contributed by atoms with Crippen LogP contribution < -0.4 is 5.32 Å². The molecule has 104 valence electrons. The van der Waals surface area contributed by atoms with Crippen LogP contribution in [0.4, 0.5) is 0 Å². The lowest BCUT2D eigenvalue weighted by molar-refractivity contribution is -0.129. The molecule has 19 heavy (non-hydrogen) atoms. The highest BCUT2D eigenvalue weighted by molar-refractivity contribution is 5.96. The number of carbonyl (C=O) groups excluding carboxylic acids is 2. The fraction of sp³-hybridized carbons (Fsp3) is 0.429. The molecule has 1 rings (SSSR count). The Balaban J connectivity index is 2.60. The smallest absolute Gasteiger partial charge is 0.251 e. The Kier molecular flexibility index (Phi) is 5.36. The number of aryl methyl sites for hydroxylation is 1. The molecule has 0 unspecified atom stereocenters. The van der Waals surface area contributed by atoms with E-state index in [2.05, 4.69) is 5.32 Å². The second-order valence-electron chi connectivity index (χ2n) is 4.25. The molecule has 5 heteroatoms. The average molecular weight is 264 g/mol. The number of phenolic OH excluding ortho intramolecular Hbond substituents is 1. The van der Waals surface area contributed by atoms with Crippen LogP contribution in [0, 0.1) is 6.92 Å². The van der Waals surface area contributed by atoms with E-state index in [9.17, 15) is 14.7 Å². The second-order valence-corrected chi connectivity index (χ2v) is 4.25. The van der Waals surface area contributed by atoms with Crippen molar-refractivity contribution in [2.24, 2.45) is 0 Å². The first-order valence-electron chi connectivity index (χ1n) is 6.35. The maximum absolute atomic E-state index is 11.8. The van der Waals surface area contributed by atoms with Gasteiger partial charge in [0.1, 0.15) is 5.75 Å². The number of phenols is 1. The van der Waals surface area contributed by atoms with Gasteiger partial charge in [-0.15, -0.1) is 0 Å². The topological polar surface area (TPSA) is 69.6 Å². The van der Waals surface area contributed by atoms with Crippen molar-refractivity contribution in [3.8, 4) is 5.75 Å². The van der Waals surface area contributed by atoms with E-state index in [-0.39, 0.29) is 24.1 Å². The molecule has 2 amide bonds. The standard InChI is InChI=1S/C14H20N2O3/c1-4-16(5-2)13(18)9-15-14(19)11-6-7-12(17)10(3)8-11/h6-8,17H,4-5,9H2,1-3H3,(H,15,19). The van der Waals surface area contributed by atoms with E-state index in [1.54, 1.807) is 17.9 Å². The van der Waals surface area contributed by atoms with Gasteiger partial charge in [0, 0.05) is 18.7 Å². The van der Waals surface area contributed by atoms with Crippen molar-refractivity contribution in [3.05, 3.63) is 29.3 Å². The van der Waals surface area contributed by atoms with Crippen molar-refractivity contribution in [1.82, 2.24) is 10.2 Å². The number of rotatable bonds is 5. The highest BCUT2D eigenvalue weighted by Gasteiger charge is 2.12. The van der Waals surface area contributed by atoms with Gasteiger partial charge in [-0.2, -0.15) is 0 Å². The van der Waals surface area contributed by atoms with Gasteiger partial charge >= 0.3 is 0 Å². The predicted octanol–water partition coefficient (Wildman–Crippen LogP) is 1.30. The zero-order valence-corrected chi connectivity index (χ0v) is 11.6. The zero-order valence-electron chi connectivity index (χ0n) is 11.6. The number of nitrogens with one attached hydrogen (secondary N) is 1. The van der Waals surface area contributed by atoms with Crippen molar-refractivity contribution in [2.45, 2.75) is 20.8 Å². The third kappa shape index (κ3) is 3.98. The van der Waals surface area contributed by atoms with Gasteiger partial charge < -0.3 is 15.3 Å². The van der Waals surface area contributed by atoms with Crippen LogP contribution in [-0.4, -0.2) is 41.5 Å². The van der Waals surface area contributed by atoms with Crippen molar-refractivity contribution >= 4 is 11.8 Å². The van der Waals surface area contributed by atoms with Gasteiger partial charge in [-0.3, -0.25) is 9.59 Å². The summed E-state index contributed by atoms with van der Waals surface area (Å²) in [5, 5.41) is 12.0. The van der Waals surface area contributed by atoms with E-state index >= 15 is 0 Å². The minimum atomic E-state index is -0.316. The lowest BCUT2D eigenvalue weighted by Gasteiger charge is -2.18. The summed E-state index contributed by atoms with van der Waals surface area (Å²) < 4.78 is 0. The molecule has 0 atom stereocenters. The molecule has 1 aromatic rings. The Hall–Kier alpha value is -2.04. The maximum atomic E-state index is 11.8. The van der Waals surface area contributed by atoms with Crippen LogP contribution in [0.2, 0.25) is 0 Å². The van der Waals surface area contributed by atoms with Crippen LogP contribution in [0.1, 0.15) is 29.8 Å². The molecule has 0 saturated heterocycles. The Bertz CT molecular complexity index is 468. The summed E-state index contributed by atoms with van der Waals surface area (Å²) in [4.78, 5) is 25.2. The van der Waals surface area contributed by atoms with E-state index in [0.29, 0.717) is 24.2 Å². The molecular formula is C14H20N2O3. The van der Waals surface area contributed by atoms with Crippen LogP contribution in [-0.2, 0) is 4.79 Å². The molecule has 2 N–H and O–H groups in total. The molecule has 0 fully saturated rings. The predicted molar refractivity (Wildman–Crippen MR) is 73.1 cm³/mol. The third-order valence-electron chi connectivity index (χ3n) is 2.98. The minimum Gasteiger partial charge on any atom is -0.508 e. The van der Waals surface area contributed by atoms with E-state index in [1.807, 2.05) is 13.8 Å². The number of nitrogens with zero attached hydrogens (tertiary/aromatic N) is 1. The largest absolute Gasteiger partial charge is 0.508 e. The summed E-state index contributed by atoms with van der Waals surface area (Å²) in [6.45, 7) is 6.75. The zero-order chi connectivity index (χ0) is 14.4. The number of hydrogen-bond acceptors (Lipinski definition) is 3. The molecule has 0 aromatic heterocycles. The van der Waals surface area contributed by atoms with Gasteiger partial charge in [0.15, 0.2) is 0 Å². The molecule has 0 spiro atoms. The first-order chi connectivity index (χ1) is 8.99.